The summed E-state index contributed by atoms with van der Waals surface area (Å²) in [5, 5.41) is 10.0. The Morgan fingerprint density at radius 3 is 2.96 bits per heavy atom. The van der Waals surface area contributed by atoms with Crippen molar-refractivity contribution in [1.82, 2.24) is 15.2 Å². The van der Waals surface area contributed by atoms with Crippen LogP contribution in [-0.4, -0.2) is 33.5 Å². The first kappa shape index (κ1) is 17.0. The van der Waals surface area contributed by atoms with Gasteiger partial charge in [0.1, 0.15) is 11.6 Å². The molecule has 1 aliphatic carbocycles. The molecule has 2 aromatic rings. The summed E-state index contributed by atoms with van der Waals surface area (Å²) in [7, 11) is 0. The fourth-order valence-corrected chi connectivity index (χ4v) is 2.79. The van der Waals surface area contributed by atoms with E-state index in [1.807, 2.05) is 0 Å². The molecule has 1 heterocycles. The molecule has 1 aromatic carbocycles. The standard InChI is InChI=1S/C14H13ClF2N4O2S/c15-9-5-8(3-4-10(9)23-13(16)17)18-11(22)6-24-14-19-12(20-21-14)7-1-2-7/h3-5,7,13H,1-2,6H2,(H,18,22)(H,19,20,21). The van der Waals surface area contributed by atoms with Gasteiger partial charge in [-0.3, -0.25) is 9.89 Å². The lowest BCUT2D eigenvalue weighted by Crippen LogP contribution is -2.14. The maximum absolute atomic E-state index is 12.2. The summed E-state index contributed by atoms with van der Waals surface area (Å²) < 4.78 is 28.6. The second kappa shape index (κ2) is 7.35. The van der Waals surface area contributed by atoms with Gasteiger partial charge in [0.2, 0.25) is 11.1 Å². The molecule has 6 nitrogen and oxygen atoms in total. The van der Waals surface area contributed by atoms with E-state index in [4.69, 9.17) is 11.6 Å². The normalized spacial score (nSPS) is 14.0. The summed E-state index contributed by atoms with van der Waals surface area (Å²) in [6, 6.07) is 4.05. The van der Waals surface area contributed by atoms with Crippen LogP contribution in [0, 0.1) is 0 Å². The van der Waals surface area contributed by atoms with Crippen molar-refractivity contribution in [3.05, 3.63) is 29.0 Å². The predicted octanol–water partition coefficient (Wildman–Crippen LogP) is 3.67. The second-order valence-electron chi connectivity index (χ2n) is 5.14. The Morgan fingerprint density at radius 1 is 1.50 bits per heavy atom. The highest BCUT2D eigenvalue weighted by atomic mass is 35.5. The number of nitrogens with one attached hydrogen (secondary N) is 2. The number of halogens is 3. The van der Waals surface area contributed by atoms with Crippen LogP contribution in [0.25, 0.3) is 0 Å². The second-order valence-corrected chi connectivity index (χ2v) is 6.49. The number of carbonyl (C=O) groups excluding carboxylic acids is 1. The molecular weight excluding hydrogens is 362 g/mol. The smallest absolute Gasteiger partial charge is 0.387 e. The number of thioether (sulfide) groups is 1. The van der Waals surface area contributed by atoms with Crippen molar-refractivity contribution in [2.24, 2.45) is 0 Å². The van der Waals surface area contributed by atoms with Crippen LogP contribution < -0.4 is 10.1 Å². The highest BCUT2D eigenvalue weighted by Crippen LogP contribution is 2.38. The van der Waals surface area contributed by atoms with E-state index in [1.165, 1.54) is 30.0 Å². The maximum atomic E-state index is 12.2. The first-order valence-electron chi connectivity index (χ1n) is 7.10. The number of H-pyrrole nitrogens is 1. The molecule has 1 saturated carbocycles. The SMILES string of the molecule is O=C(CSc1n[nH]c(C2CC2)n1)Nc1ccc(OC(F)F)c(Cl)c1. The molecule has 0 saturated heterocycles. The van der Waals surface area contributed by atoms with E-state index in [0.29, 0.717) is 16.8 Å². The predicted molar refractivity (Wildman–Crippen MR) is 85.8 cm³/mol. The maximum Gasteiger partial charge on any atom is 0.387 e. The number of anilines is 1. The lowest BCUT2D eigenvalue weighted by Gasteiger charge is -2.09. The molecule has 2 N–H and O–H groups in total. The topological polar surface area (TPSA) is 79.9 Å². The van der Waals surface area contributed by atoms with Crippen molar-refractivity contribution in [1.29, 1.82) is 0 Å². The summed E-state index contributed by atoms with van der Waals surface area (Å²) in [6.45, 7) is -2.96. The van der Waals surface area contributed by atoms with E-state index in [2.05, 4.69) is 25.2 Å². The van der Waals surface area contributed by atoms with Crippen molar-refractivity contribution >= 4 is 35.0 Å². The minimum atomic E-state index is -2.96. The van der Waals surface area contributed by atoms with E-state index in [9.17, 15) is 13.6 Å². The van der Waals surface area contributed by atoms with E-state index >= 15 is 0 Å². The molecule has 10 heteroatoms. The Labute approximate surface area is 145 Å². The quantitative estimate of drug-likeness (QED) is 0.723. The summed E-state index contributed by atoms with van der Waals surface area (Å²) in [5.41, 5.74) is 0.390. The molecule has 0 spiro atoms. The summed E-state index contributed by atoms with van der Waals surface area (Å²) >= 11 is 7.04. The number of aromatic nitrogens is 3. The number of hydrogen-bond acceptors (Lipinski definition) is 5. The fourth-order valence-electron chi connectivity index (χ4n) is 1.96. The fraction of sp³-hybridized carbons (Fsp3) is 0.357. The van der Waals surface area contributed by atoms with Crippen LogP contribution in [-0.2, 0) is 4.79 Å². The van der Waals surface area contributed by atoms with E-state index in [-0.39, 0.29) is 22.4 Å². The third-order valence-corrected chi connectivity index (χ3v) is 4.35. The third kappa shape index (κ3) is 4.57. The van der Waals surface area contributed by atoms with Crippen LogP contribution in [0.4, 0.5) is 14.5 Å². The molecule has 0 radical (unpaired) electrons. The lowest BCUT2D eigenvalue weighted by molar-refractivity contribution is -0.113. The first-order valence-corrected chi connectivity index (χ1v) is 8.47. The Kier molecular flexibility index (Phi) is 5.20. The number of ether oxygens (including phenoxy) is 1. The van der Waals surface area contributed by atoms with Crippen LogP contribution in [0.5, 0.6) is 5.75 Å². The Morgan fingerprint density at radius 2 is 2.29 bits per heavy atom. The van der Waals surface area contributed by atoms with Crippen LogP contribution >= 0.6 is 23.4 Å². The van der Waals surface area contributed by atoms with Crippen molar-refractivity contribution in [3.63, 3.8) is 0 Å². The van der Waals surface area contributed by atoms with Crippen LogP contribution in [0.2, 0.25) is 5.02 Å². The molecule has 1 aliphatic rings. The van der Waals surface area contributed by atoms with Crippen LogP contribution in [0.3, 0.4) is 0 Å². The number of amides is 1. The molecule has 0 atom stereocenters. The molecule has 0 unspecified atom stereocenters. The van der Waals surface area contributed by atoms with Gasteiger partial charge in [0.25, 0.3) is 0 Å². The summed E-state index contributed by atoms with van der Waals surface area (Å²) in [4.78, 5) is 16.2. The van der Waals surface area contributed by atoms with Gasteiger partial charge in [0.15, 0.2) is 0 Å². The van der Waals surface area contributed by atoms with Crippen LogP contribution in [0.1, 0.15) is 24.6 Å². The number of alkyl halides is 2. The Hall–Kier alpha value is -1.87. The van der Waals surface area contributed by atoms with Crippen LogP contribution in [0.15, 0.2) is 23.4 Å². The van der Waals surface area contributed by atoms with Crippen molar-refractivity contribution in [3.8, 4) is 5.75 Å². The van der Waals surface area contributed by atoms with Gasteiger partial charge in [-0.05, 0) is 31.0 Å². The van der Waals surface area contributed by atoms with E-state index in [1.54, 1.807) is 0 Å². The number of benzene rings is 1. The summed E-state index contributed by atoms with van der Waals surface area (Å²) in [6.07, 6.45) is 2.23. The van der Waals surface area contributed by atoms with Gasteiger partial charge in [-0.25, -0.2) is 4.98 Å². The van der Waals surface area contributed by atoms with Gasteiger partial charge in [-0.1, -0.05) is 23.4 Å². The molecule has 0 aliphatic heterocycles. The van der Waals surface area contributed by atoms with Gasteiger partial charge < -0.3 is 10.1 Å². The van der Waals surface area contributed by atoms with Gasteiger partial charge >= 0.3 is 6.61 Å². The van der Waals surface area contributed by atoms with Gasteiger partial charge in [-0.2, -0.15) is 8.78 Å². The zero-order valence-corrected chi connectivity index (χ0v) is 13.8. The van der Waals surface area contributed by atoms with E-state index in [0.717, 1.165) is 18.7 Å². The minimum absolute atomic E-state index is 0.0104. The third-order valence-electron chi connectivity index (χ3n) is 3.21. The van der Waals surface area contributed by atoms with Gasteiger partial charge in [-0.15, -0.1) is 5.10 Å². The highest BCUT2D eigenvalue weighted by Gasteiger charge is 2.27. The molecule has 1 amide bonds. The zero-order chi connectivity index (χ0) is 17.1. The van der Waals surface area contributed by atoms with Gasteiger partial charge in [0, 0.05) is 11.6 Å². The molecule has 3 rings (SSSR count). The average Bonchev–Trinajstić information content (AvgIpc) is 3.26. The molecule has 24 heavy (non-hydrogen) atoms. The molecule has 1 aromatic heterocycles. The monoisotopic (exact) mass is 374 g/mol. The molecule has 1 fully saturated rings. The Balaban J connectivity index is 1.51. The minimum Gasteiger partial charge on any atom is -0.433 e. The lowest BCUT2D eigenvalue weighted by atomic mass is 10.3. The number of hydrogen-bond donors (Lipinski definition) is 2. The van der Waals surface area contributed by atoms with Crippen molar-refractivity contribution in [2.45, 2.75) is 30.5 Å². The summed E-state index contributed by atoms with van der Waals surface area (Å²) in [5.74, 6) is 1.02. The Bertz CT molecular complexity index is 739. The molecular formula is C14H13ClF2N4O2S. The average molecular weight is 375 g/mol. The van der Waals surface area contributed by atoms with Crippen molar-refractivity contribution in [2.75, 3.05) is 11.1 Å². The molecule has 0 bridgehead atoms. The largest absolute Gasteiger partial charge is 0.433 e. The molecule has 128 valence electrons. The zero-order valence-electron chi connectivity index (χ0n) is 12.3. The highest BCUT2D eigenvalue weighted by molar-refractivity contribution is 7.99. The first-order chi connectivity index (χ1) is 11.5. The van der Waals surface area contributed by atoms with Gasteiger partial charge in [0.05, 0.1) is 10.8 Å². The van der Waals surface area contributed by atoms with E-state index < -0.39 is 6.61 Å². The van der Waals surface area contributed by atoms with Crippen molar-refractivity contribution < 1.29 is 18.3 Å². The number of carbonyl (C=O) groups is 1. The number of aromatic amines is 1. The number of nitrogens with zero attached hydrogens (tertiary/aromatic N) is 2. The number of rotatable bonds is 7.